The van der Waals surface area contributed by atoms with Gasteiger partial charge >= 0.3 is 9.28 Å². The Morgan fingerprint density at radius 3 is 2.07 bits per heavy atom. The quantitative estimate of drug-likeness (QED) is 0.625. The molecule has 2 unspecified atom stereocenters. The fraction of sp³-hybridized carbons (Fsp3) is 1.00. The maximum absolute atomic E-state index is 5.94. The lowest BCUT2D eigenvalue weighted by atomic mass is 10.1. The van der Waals surface area contributed by atoms with Gasteiger partial charge in [0, 0.05) is 18.8 Å². The van der Waals surface area contributed by atoms with Gasteiger partial charge in [-0.25, -0.2) is 0 Å². The molecule has 0 heterocycles. The van der Waals surface area contributed by atoms with Crippen LogP contribution in [0.25, 0.3) is 0 Å². The molecule has 0 N–H and O–H groups in total. The molecule has 0 spiro atoms. The molecule has 0 saturated heterocycles. The van der Waals surface area contributed by atoms with Crippen LogP contribution in [0.2, 0.25) is 5.54 Å². The van der Waals surface area contributed by atoms with Crippen LogP contribution in [0.4, 0.5) is 0 Å². The van der Waals surface area contributed by atoms with Gasteiger partial charge in [0.1, 0.15) is 0 Å². The van der Waals surface area contributed by atoms with Crippen molar-refractivity contribution in [3.05, 3.63) is 0 Å². The second-order valence-corrected chi connectivity index (χ2v) is 7.13. The Kier molecular flexibility index (Phi) is 6.53. The lowest BCUT2D eigenvalue weighted by Crippen LogP contribution is -2.28. The average Bonchev–Trinajstić information content (AvgIpc) is 2.65. The van der Waals surface area contributed by atoms with Gasteiger partial charge in [-0.1, -0.05) is 27.2 Å². The van der Waals surface area contributed by atoms with Gasteiger partial charge in [0.05, 0.1) is 0 Å². The van der Waals surface area contributed by atoms with E-state index in [1.165, 1.54) is 19.3 Å². The second kappa shape index (κ2) is 7.42. The van der Waals surface area contributed by atoms with Crippen molar-refractivity contribution in [3.63, 3.8) is 0 Å². The summed E-state index contributed by atoms with van der Waals surface area (Å²) in [4.78, 5) is 0. The van der Waals surface area contributed by atoms with E-state index in [0.717, 1.165) is 37.5 Å². The van der Waals surface area contributed by atoms with Gasteiger partial charge in [-0.05, 0) is 31.6 Å². The van der Waals surface area contributed by atoms with Crippen LogP contribution in [0, 0.1) is 5.92 Å². The van der Waals surface area contributed by atoms with E-state index in [1.807, 2.05) is 0 Å². The predicted octanol–water partition coefficient (Wildman–Crippen LogP) is 3.25. The molecule has 1 saturated carbocycles. The monoisotopic (exact) mass is 230 g/mol. The highest BCUT2D eigenvalue weighted by Gasteiger charge is 2.32. The van der Waals surface area contributed by atoms with Gasteiger partial charge in [-0.2, -0.15) is 0 Å². The van der Waals surface area contributed by atoms with E-state index in [1.54, 1.807) is 0 Å². The Morgan fingerprint density at radius 1 is 1.07 bits per heavy atom. The lowest BCUT2D eigenvalue weighted by Gasteiger charge is -2.21. The average molecular weight is 230 g/mol. The molecule has 0 radical (unpaired) electrons. The summed E-state index contributed by atoms with van der Waals surface area (Å²) in [6.07, 6.45) is 6.28. The summed E-state index contributed by atoms with van der Waals surface area (Å²) in [6.45, 7) is 8.48. The highest BCUT2D eigenvalue weighted by Crippen LogP contribution is 2.37. The molecule has 2 nitrogen and oxygen atoms in total. The molecule has 1 aliphatic rings. The van der Waals surface area contributed by atoms with E-state index in [-0.39, 0.29) is 0 Å². The zero-order chi connectivity index (χ0) is 11.1. The minimum absolute atomic E-state index is 0.776. The topological polar surface area (TPSA) is 18.5 Å². The Morgan fingerprint density at radius 2 is 1.67 bits per heavy atom. The second-order valence-electron chi connectivity index (χ2n) is 4.79. The first kappa shape index (κ1) is 13.2. The van der Waals surface area contributed by atoms with Crippen molar-refractivity contribution in [3.8, 4) is 0 Å². The van der Waals surface area contributed by atoms with Crippen molar-refractivity contribution >= 4 is 9.28 Å². The summed E-state index contributed by atoms with van der Waals surface area (Å²) in [5.74, 6) is 0.889. The van der Waals surface area contributed by atoms with Crippen LogP contribution < -0.4 is 0 Å². The van der Waals surface area contributed by atoms with Gasteiger partial charge in [0.2, 0.25) is 0 Å². The minimum atomic E-state index is -1.36. The van der Waals surface area contributed by atoms with Gasteiger partial charge in [-0.15, -0.1) is 0 Å². The van der Waals surface area contributed by atoms with Crippen LogP contribution in [-0.4, -0.2) is 22.5 Å². The SMILES string of the molecule is CCCO[SiH](OCCC)C1CCC(C)C1. The molecule has 0 bridgehead atoms. The molecule has 0 amide bonds. The Bertz CT molecular complexity index is 156. The van der Waals surface area contributed by atoms with E-state index in [2.05, 4.69) is 20.8 Å². The molecular weight excluding hydrogens is 204 g/mol. The van der Waals surface area contributed by atoms with Crippen molar-refractivity contribution in [2.24, 2.45) is 5.92 Å². The third-order valence-electron chi connectivity index (χ3n) is 3.09. The van der Waals surface area contributed by atoms with Crippen molar-refractivity contribution in [1.82, 2.24) is 0 Å². The summed E-state index contributed by atoms with van der Waals surface area (Å²) in [5, 5.41) is 0. The molecule has 2 atom stereocenters. The summed E-state index contributed by atoms with van der Waals surface area (Å²) in [7, 11) is -1.36. The fourth-order valence-corrected chi connectivity index (χ4v) is 5.01. The van der Waals surface area contributed by atoms with Crippen LogP contribution in [0.3, 0.4) is 0 Å². The number of hydrogen-bond donors (Lipinski definition) is 0. The van der Waals surface area contributed by atoms with E-state index >= 15 is 0 Å². The fourth-order valence-electron chi connectivity index (χ4n) is 2.29. The van der Waals surface area contributed by atoms with Crippen molar-refractivity contribution < 1.29 is 8.85 Å². The molecule has 0 aromatic rings. The van der Waals surface area contributed by atoms with Crippen LogP contribution in [0.1, 0.15) is 52.9 Å². The third kappa shape index (κ3) is 4.66. The van der Waals surface area contributed by atoms with E-state index in [4.69, 9.17) is 8.85 Å². The molecule has 15 heavy (non-hydrogen) atoms. The Hall–Kier alpha value is 0.137. The molecule has 1 aliphatic carbocycles. The van der Waals surface area contributed by atoms with Crippen molar-refractivity contribution in [2.45, 2.75) is 58.4 Å². The smallest absolute Gasteiger partial charge is 0.324 e. The molecular formula is C12H26O2Si. The van der Waals surface area contributed by atoms with E-state index in [0.29, 0.717) is 0 Å². The summed E-state index contributed by atoms with van der Waals surface area (Å²) >= 11 is 0. The molecule has 3 heteroatoms. The van der Waals surface area contributed by atoms with Crippen molar-refractivity contribution in [2.75, 3.05) is 13.2 Å². The number of hydrogen-bond acceptors (Lipinski definition) is 2. The van der Waals surface area contributed by atoms with Crippen LogP contribution in [0.5, 0.6) is 0 Å². The summed E-state index contributed by atoms with van der Waals surface area (Å²) < 4.78 is 11.9. The molecule has 1 fully saturated rings. The first-order valence-corrected chi connectivity index (χ1v) is 8.12. The highest BCUT2D eigenvalue weighted by atomic mass is 28.3. The van der Waals surface area contributed by atoms with Crippen LogP contribution in [0.15, 0.2) is 0 Å². The minimum Gasteiger partial charge on any atom is -0.396 e. The zero-order valence-corrected chi connectivity index (χ0v) is 11.7. The Labute approximate surface area is 96.2 Å². The first-order chi connectivity index (χ1) is 7.27. The van der Waals surface area contributed by atoms with Crippen LogP contribution in [-0.2, 0) is 8.85 Å². The largest absolute Gasteiger partial charge is 0.396 e. The van der Waals surface area contributed by atoms with E-state index < -0.39 is 9.28 Å². The maximum Gasteiger partial charge on any atom is 0.324 e. The Balaban J connectivity index is 2.32. The molecule has 1 rings (SSSR count). The van der Waals surface area contributed by atoms with Gasteiger partial charge in [-0.3, -0.25) is 0 Å². The third-order valence-corrected chi connectivity index (χ3v) is 5.60. The molecule has 0 aromatic carbocycles. The standard InChI is InChI=1S/C12H26O2Si/c1-4-8-13-15(14-9-5-2)12-7-6-11(3)10-12/h11-12,15H,4-10H2,1-3H3. The lowest BCUT2D eigenvalue weighted by molar-refractivity contribution is 0.187. The first-order valence-electron chi connectivity index (χ1n) is 6.51. The predicted molar refractivity (Wildman–Crippen MR) is 66.4 cm³/mol. The summed E-state index contributed by atoms with van der Waals surface area (Å²) in [6, 6.07) is 0. The maximum atomic E-state index is 5.94. The molecule has 0 aromatic heterocycles. The zero-order valence-electron chi connectivity index (χ0n) is 10.5. The van der Waals surface area contributed by atoms with Crippen molar-refractivity contribution in [1.29, 1.82) is 0 Å². The molecule has 90 valence electrons. The van der Waals surface area contributed by atoms with Gasteiger partial charge < -0.3 is 8.85 Å². The number of rotatable bonds is 7. The summed E-state index contributed by atoms with van der Waals surface area (Å²) in [5.41, 5.74) is 0.776. The molecule has 0 aliphatic heterocycles. The van der Waals surface area contributed by atoms with Gasteiger partial charge in [0.15, 0.2) is 0 Å². The highest BCUT2D eigenvalue weighted by molar-refractivity contribution is 6.46. The van der Waals surface area contributed by atoms with Gasteiger partial charge in [0.25, 0.3) is 0 Å². The van der Waals surface area contributed by atoms with Crippen LogP contribution >= 0.6 is 0 Å². The van der Waals surface area contributed by atoms with E-state index in [9.17, 15) is 0 Å². The normalized spacial score (nSPS) is 26.4.